The Labute approximate surface area is 167 Å². The molecule has 0 saturated heterocycles. The SMILES string of the molecule is O=C(CCCC(=O)c1ccccc1)NCCCNc1n[nH]c(=O)c2cccnc12. The van der Waals surface area contributed by atoms with E-state index < -0.39 is 0 Å². The van der Waals surface area contributed by atoms with Gasteiger partial charge in [-0.1, -0.05) is 30.3 Å². The van der Waals surface area contributed by atoms with Crippen LogP contribution < -0.4 is 16.2 Å². The zero-order valence-corrected chi connectivity index (χ0v) is 16.0. The molecule has 8 heteroatoms. The number of benzene rings is 1. The topological polar surface area (TPSA) is 117 Å². The Hall–Kier alpha value is -3.55. The molecule has 3 aromatic rings. The van der Waals surface area contributed by atoms with Crippen LogP contribution in [-0.4, -0.2) is 40.0 Å². The van der Waals surface area contributed by atoms with E-state index in [9.17, 15) is 14.4 Å². The van der Waals surface area contributed by atoms with Gasteiger partial charge in [-0.3, -0.25) is 19.4 Å². The molecule has 0 aliphatic carbocycles. The third-order valence-corrected chi connectivity index (χ3v) is 4.42. The number of rotatable bonds is 10. The van der Waals surface area contributed by atoms with E-state index in [0.717, 1.165) is 0 Å². The molecule has 3 rings (SSSR count). The number of H-pyrrole nitrogens is 1. The number of aromatic amines is 1. The lowest BCUT2D eigenvalue weighted by Crippen LogP contribution is -2.25. The first kappa shape index (κ1) is 20.2. The molecule has 0 spiro atoms. The lowest BCUT2D eigenvalue weighted by Gasteiger charge is -2.08. The standard InChI is InChI=1S/C21H23N5O3/c27-17(15-7-2-1-3-8-15)10-4-11-18(28)22-13-6-14-24-20-19-16(9-5-12-23-19)21(29)26-25-20/h1-3,5,7-9,12H,4,6,10-11,13-14H2,(H,22,28)(H,24,25)(H,26,29). The molecule has 150 valence electrons. The summed E-state index contributed by atoms with van der Waals surface area (Å²) in [4.78, 5) is 39.8. The first-order valence-corrected chi connectivity index (χ1v) is 9.57. The maximum atomic E-state index is 12.0. The van der Waals surface area contributed by atoms with Gasteiger partial charge >= 0.3 is 0 Å². The van der Waals surface area contributed by atoms with Gasteiger partial charge in [-0.15, -0.1) is 0 Å². The highest BCUT2D eigenvalue weighted by molar-refractivity contribution is 5.96. The molecule has 8 nitrogen and oxygen atoms in total. The molecule has 0 unspecified atom stereocenters. The number of anilines is 1. The van der Waals surface area contributed by atoms with Crippen molar-refractivity contribution in [1.29, 1.82) is 0 Å². The normalized spacial score (nSPS) is 10.6. The lowest BCUT2D eigenvalue weighted by atomic mass is 10.1. The van der Waals surface area contributed by atoms with Gasteiger partial charge in [-0.05, 0) is 25.0 Å². The maximum Gasteiger partial charge on any atom is 0.273 e. The second-order valence-corrected chi connectivity index (χ2v) is 6.57. The molecule has 0 radical (unpaired) electrons. The molecule has 2 aromatic heterocycles. The summed E-state index contributed by atoms with van der Waals surface area (Å²) in [6.45, 7) is 1.07. The van der Waals surface area contributed by atoms with Crippen molar-refractivity contribution in [2.24, 2.45) is 0 Å². The van der Waals surface area contributed by atoms with E-state index in [2.05, 4.69) is 25.8 Å². The zero-order chi connectivity index (χ0) is 20.5. The fourth-order valence-corrected chi connectivity index (χ4v) is 2.91. The highest BCUT2D eigenvalue weighted by Crippen LogP contribution is 2.13. The number of pyridine rings is 1. The summed E-state index contributed by atoms with van der Waals surface area (Å²) >= 11 is 0. The minimum absolute atomic E-state index is 0.0526. The van der Waals surface area contributed by atoms with Gasteiger partial charge in [0.25, 0.3) is 5.56 Å². The Balaban J connectivity index is 1.34. The van der Waals surface area contributed by atoms with Crippen molar-refractivity contribution in [2.45, 2.75) is 25.7 Å². The van der Waals surface area contributed by atoms with Gasteiger partial charge in [0.05, 0.1) is 5.39 Å². The predicted octanol–water partition coefficient (Wildman–Crippen LogP) is 2.29. The molecule has 0 saturated carbocycles. The molecular formula is C21H23N5O3. The molecule has 2 heterocycles. The largest absolute Gasteiger partial charge is 0.367 e. The minimum atomic E-state index is -0.281. The number of Topliss-reactive ketones (excluding diaryl/α,β-unsaturated/α-hetero) is 1. The van der Waals surface area contributed by atoms with Gasteiger partial charge in [0, 0.05) is 37.7 Å². The summed E-state index contributed by atoms with van der Waals surface area (Å²) in [5.74, 6) is 0.489. The van der Waals surface area contributed by atoms with Crippen LogP contribution in [0.4, 0.5) is 5.82 Å². The molecule has 0 fully saturated rings. The third kappa shape index (κ3) is 5.71. The highest BCUT2D eigenvalue weighted by atomic mass is 16.1. The second-order valence-electron chi connectivity index (χ2n) is 6.57. The van der Waals surface area contributed by atoms with Crippen molar-refractivity contribution >= 4 is 28.4 Å². The van der Waals surface area contributed by atoms with Crippen molar-refractivity contribution in [3.8, 4) is 0 Å². The quantitative estimate of drug-likeness (QED) is 0.359. The van der Waals surface area contributed by atoms with Crippen LogP contribution in [0.25, 0.3) is 10.9 Å². The number of nitrogens with one attached hydrogen (secondary N) is 3. The Morgan fingerprint density at radius 3 is 2.62 bits per heavy atom. The van der Waals surface area contributed by atoms with Crippen molar-refractivity contribution < 1.29 is 9.59 Å². The molecule has 0 aliphatic rings. The Bertz CT molecular complexity index is 1030. The van der Waals surface area contributed by atoms with Crippen LogP contribution >= 0.6 is 0 Å². The van der Waals surface area contributed by atoms with Crippen molar-refractivity contribution in [2.75, 3.05) is 18.4 Å². The average molecular weight is 393 g/mol. The van der Waals surface area contributed by atoms with Crippen LogP contribution in [0.3, 0.4) is 0 Å². The van der Waals surface area contributed by atoms with Gasteiger partial charge in [-0.2, -0.15) is 5.10 Å². The predicted molar refractivity (Wildman–Crippen MR) is 111 cm³/mol. The molecule has 0 aliphatic heterocycles. The fraction of sp³-hybridized carbons (Fsp3) is 0.286. The number of carbonyl (C=O) groups excluding carboxylic acids is 2. The van der Waals surface area contributed by atoms with Crippen LogP contribution in [0.15, 0.2) is 53.5 Å². The van der Waals surface area contributed by atoms with E-state index in [4.69, 9.17) is 0 Å². The molecule has 0 atom stereocenters. The molecule has 3 N–H and O–H groups in total. The van der Waals surface area contributed by atoms with Crippen LogP contribution in [0.5, 0.6) is 0 Å². The summed E-state index contributed by atoms with van der Waals surface area (Å²) < 4.78 is 0. The molecule has 1 amide bonds. The minimum Gasteiger partial charge on any atom is -0.367 e. The van der Waals surface area contributed by atoms with Gasteiger partial charge in [0.2, 0.25) is 5.91 Å². The number of fused-ring (bicyclic) bond motifs is 1. The van der Waals surface area contributed by atoms with Crippen LogP contribution in [-0.2, 0) is 4.79 Å². The van der Waals surface area contributed by atoms with Gasteiger partial charge in [0.1, 0.15) is 5.52 Å². The van der Waals surface area contributed by atoms with Crippen molar-refractivity contribution in [3.63, 3.8) is 0 Å². The fourth-order valence-electron chi connectivity index (χ4n) is 2.91. The highest BCUT2D eigenvalue weighted by Gasteiger charge is 2.08. The smallest absolute Gasteiger partial charge is 0.273 e. The molecular weight excluding hydrogens is 370 g/mol. The summed E-state index contributed by atoms with van der Waals surface area (Å²) in [6.07, 6.45) is 3.50. The summed E-state index contributed by atoms with van der Waals surface area (Å²) in [5, 5.41) is 12.9. The van der Waals surface area contributed by atoms with Crippen LogP contribution in [0.2, 0.25) is 0 Å². The van der Waals surface area contributed by atoms with E-state index >= 15 is 0 Å². The maximum absolute atomic E-state index is 12.0. The summed E-state index contributed by atoms with van der Waals surface area (Å²) in [5.41, 5.74) is 0.914. The number of hydrogen-bond donors (Lipinski definition) is 3. The van der Waals surface area contributed by atoms with Gasteiger partial charge in [-0.25, -0.2) is 5.10 Å². The molecule has 29 heavy (non-hydrogen) atoms. The number of aromatic nitrogens is 3. The van der Waals surface area contributed by atoms with Crippen molar-refractivity contribution in [1.82, 2.24) is 20.5 Å². The van der Waals surface area contributed by atoms with E-state index in [1.807, 2.05) is 18.2 Å². The van der Waals surface area contributed by atoms with Crippen molar-refractivity contribution in [3.05, 3.63) is 64.6 Å². The Morgan fingerprint density at radius 1 is 0.966 bits per heavy atom. The third-order valence-electron chi connectivity index (χ3n) is 4.42. The zero-order valence-electron chi connectivity index (χ0n) is 16.0. The monoisotopic (exact) mass is 393 g/mol. The van der Waals surface area contributed by atoms with E-state index in [0.29, 0.717) is 61.1 Å². The summed E-state index contributed by atoms with van der Waals surface area (Å²) in [6, 6.07) is 12.5. The number of amides is 1. The number of hydrogen-bond acceptors (Lipinski definition) is 6. The Morgan fingerprint density at radius 2 is 1.79 bits per heavy atom. The van der Waals surface area contributed by atoms with E-state index in [1.54, 1.807) is 30.5 Å². The molecule has 0 bridgehead atoms. The number of nitrogens with zero attached hydrogens (tertiary/aromatic N) is 2. The Kier molecular flexibility index (Phi) is 7.05. The van der Waals surface area contributed by atoms with E-state index in [1.165, 1.54) is 0 Å². The van der Waals surface area contributed by atoms with Gasteiger partial charge < -0.3 is 10.6 Å². The van der Waals surface area contributed by atoms with E-state index in [-0.39, 0.29) is 17.2 Å². The number of carbonyl (C=O) groups is 2. The summed E-state index contributed by atoms with van der Waals surface area (Å²) in [7, 11) is 0. The number of ketones is 1. The average Bonchev–Trinajstić information content (AvgIpc) is 2.75. The van der Waals surface area contributed by atoms with Gasteiger partial charge in [0.15, 0.2) is 11.6 Å². The first-order valence-electron chi connectivity index (χ1n) is 9.57. The molecule has 1 aromatic carbocycles. The van der Waals surface area contributed by atoms with Crippen LogP contribution in [0, 0.1) is 0 Å². The second kappa shape index (κ2) is 10.1. The van der Waals surface area contributed by atoms with Crippen LogP contribution in [0.1, 0.15) is 36.0 Å². The first-order chi connectivity index (χ1) is 14.1. The lowest BCUT2D eigenvalue weighted by molar-refractivity contribution is -0.121.